The third-order valence-corrected chi connectivity index (χ3v) is 4.74. The molecule has 90 valence electrons. The lowest BCUT2D eigenvalue weighted by molar-refractivity contribution is 0.718. The van der Waals surface area contributed by atoms with Crippen LogP contribution in [0, 0.1) is 13.8 Å². The Labute approximate surface area is 115 Å². The molecule has 2 aromatic rings. The normalized spacial score (nSPS) is 12.7. The van der Waals surface area contributed by atoms with E-state index in [4.69, 9.17) is 5.73 Å². The Morgan fingerprint density at radius 1 is 1.29 bits per heavy atom. The van der Waals surface area contributed by atoms with E-state index in [2.05, 4.69) is 58.7 Å². The van der Waals surface area contributed by atoms with Crippen LogP contribution in [-0.4, -0.2) is 0 Å². The molecule has 1 aromatic carbocycles. The first-order chi connectivity index (χ1) is 8.08. The minimum absolute atomic E-state index is 0.0659. The second-order valence-corrected chi connectivity index (χ2v) is 6.01. The van der Waals surface area contributed by atoms with Gasteiger partial charge in [-0.25, -0.2) is 0 Å². The quantitative estimate of drug-likeness (QED) is 0.895. The average Bonchev–Trinajstić information content (AvgIpc) is 2.70. The molecule has 0 aliphatic carbocycles. The van der Waals surface area contributed by atoms with Crippen LogP contribution in [0.3, 0.4) is 0 Å². The van der Waals surface area contributed by atoms with Crippen molar-refractivity contribution in [2.45, 2.75) is 26.3 Å². The summed E-state index contributed by atoms with van der Waals surface area (Å²) in [5, 5.41) is 4.21. The Hall–Kier alpha value is -0.640. The second-order valence-electron chi connectivity index (χ2n) is 4.42. The third-order valence-electron chi connectivity index (χ3n) is 2.99. The molecule has 0 aliphatic rings. The second kappa shape index (κ2) is 5.34. The molecule has 0 saturated carbocycles. The van der Waals surface area contributed by atoms with Crippen molar-refractivity contribution in [2.75, 3.05) is 0 Å². The van der Waals surface area contributed by atoms with Gasteiger partial charge in [0.15, 0.2) is 0 Å². The molecule has 2 N–H and O–H groups in total. The lowest BCUT2D eigenvalue weighted by atomic mass is 9.97. The first kappa shape index (κ1) is 12.8. The van der Waals surface area contributed by atoms with E-state index in [0.29, 0.717) is 0 Å². The van der Waals surface area contributed by atoms with Crippen LogP contribution < -0.4 is 5.73 Å². The molecule has 3 heteroatoms. The van der Waals surface area contributed by atoms with Gasteiger partial charge >= 0.3 is 0 Å². The van der Waals surface area contributed by atoms with Gasteiger partial charge in [-0.3, -0.25) is 0 Å². The van der Waals surface area contributed by atoms with E-state index in [0.717, 1.165) is 10.9 Å². The van der Waals surface area contributed by atoms with Crippen LogP contribution in [0.5, 0.6) is 0 Å². The van der Waals surface area contributed by atoms with Gasteiger partial charge in [-0.15, -0.1) is 0 Å². The highest BCUT2D eigenvalue weighted by molar-refractivity contribution is 9.10. The van der Waals surface area contributed by atoms with Gasteiger partial charge in [0.1, 0.15) is 0 Å². The minimum atomic E-state index is 0.0659. The molecular weight excluding hydrogens is 294 g/mol. The number of halogens is 1. The molecule has 0 spiro atoms. The molecule has 1 aromatic heterocycles. The van der Waals surface area contributed by atoms with E-state index in [-0.39, 0.29) is 6.04 Å². The number of aryl methyl sites for hydroxylation is 2. The Morgan fingerprint density at radius 3 is 2.71 bits per heavy atom. The summed E-state index contributed by atoms with van der Waals surface area (Å²) in [7, 11) is 0. The lowest BCUT2D eigenvalue weighted by Crippen LogP contribution is -2.13. The highest BCUT2D eigenvalue weighted by atomic mass is 79.9. The maximum atomic E-state index is 6.27. The smallest absolute Gasteiger partial charge is 0.0355 e. The molecule has 0 saturated heterocycles. The number of hydrogen-bond donors (Lipinski definition) is 1. The zero-order valence-corrected chi connectivity index (χ0v) is 12.4. The predicted molar refractivity (Wildman–Crippen MR) is 78.6 cm³/mol. The molecule has 1 unspecified atom stereocenters. The molecule has 0 bridgehead atoms. The monoisotopic (exact) mass is 309 g/mol. The summed E-state index contributed by atoms with van der Waals surface area (Å²) in [5.74, 6) is 0. The molecule has 0 amide bonds. The number of rotatable bonds is 3. The molecular formula is C14H16BrNS. The summed E-state index contributed by atoms with van der Waals surface area (Å²) in [5.41, 5.74) is 11.4. The third kappa shape index (κ3) is 2.97. The van der Waals surface area contributed by atoms with Crippen molar-refractivity contribution in [1.29, 1.82) is 0 Å². The highest BCUT2D eigenvalue weighted by Gasteiger charge is 2.12. The van der Waals surface area contributed by atoms with Crippen molar-refractivity contribution in [3.8, 4) is 0 Å². The molecule has 2 rings (SSSR count). The fourth-order valence-corrected chi connectivity index (χ4v) is 3.58. The Bertz CT molecular complexity index is 519. The van der Waals surface area contributed by atoms with Crippen molar-refractivity contribution in [3.63, 3.8) is 0 Å². The predicted octanol–water partition coefficient (Wildman–Crippen LogP) is 4.37. The zero-order valence-electron chi connectivity index (χ0n) is 10.0. The van der Waals surface area contributed by atoms with Crippen LogP contribution in [0.2, 0.25) is 0 Å². The van der Waals surface area contributed by atoms with Gasteiger partial charge in [0, 0.05) is 15.9 Å². The average molecular weight is 310 g/mol. The van der Waals surface area contributed by atoms with Gasteiger partial charge in [-0.2, -0.15) is 11.3 Å². The molecule has 1 atom stereocenters. The van der Waals surface area contributed by atoms with Crippen LogP contribution in [0.25, 0.3) is 0 Å². The van der Waals surface area contributed by atoms with Crippen molar-refractivity contribution in [1.82, 2.24) is 0 Å². The van der Waals surface area contributed by atoms with Crippen molar-refractivity contribution in [3.05, 3.63) is 55.7 Å². The Kier molecular flexibility index (Phi) is 4.02. The number of thiophene rings is 1. The minimum Gasteiger partial charge on any atom is -0.324 e. The van der Waals surface area contributed by atoms with Crippen LogP contribution >= 0.6 is 27.3 Å². The standard InChI is InChI=1S/C14H16BrNS/c1-9-3-4-10(2)11(5-9)6-14(16)12-7-17-8-13(12)15/h3-5,7-8,14H,6,16H2,1-2H3. The summed E-state index contributed by atoms with van der Waals surface area (Å²) < 4.78 is 1.13. The van der Waals surface area contributed by atoms with Gasteiger partial charge in [-0.1, -0.05) is 23.8 Å². The maximum absolute atomic E-state index is 6.27. The van der Waals surface area contributed by atoms with E-state index in [1.807, 2.05) is 0 Å². The summed E-state index contributed by atoms with van der Waals surface area (Å²) in [6.07, 6.45) is 0.892. The van der Waals surface area contributed by atoms with E-state index in [1.165, 1.54) is 22.3 Å². The Balaban J connectivity index is 2.21. The topological polar surface area (TPSA) is 26.0 Å². The van der Waals surface area contributed by atoms with Gasteiger partial charge in [-0.05, 0) is 58.3 Å². The van der Waals surface area contributed by atoms with Crippen molar-refractivity contribution >= 4 is 27.3 Å². The number of benzene rings is 1. The molecule has 0 fully saturated rings. The molecule has 1 nitrogen and oxygen atoms in total. The fourth-order valence-electron chi connectivity index (χ4n) is 1.92. The summed E-state index contributed by atoms with van der Waals surface area (Å²) >= 11 is 5.23. The molecule has 17 heavy (non-hydrogen) atoms. The summed E-state index contributed by atoms with van der Waals surface area (Å²) in [4.78, 5) is 0. The number of nitrogens with two attached hydrogens (primary N) is 1. The lowest BCUT2D eigenvalue weighted by Gasteiger charge is -2.13. The summed E-state index contributed by atoms with van der Waals surface area (Å²) in [6.45, 7) is 4.26. The van der Waals surface area contributed by atoms with Gasteiger partial charge in [0.2, 0.25) is 0 Å². The van der Waals surface area contributed by atoms with E-state index in [9.17, 15) is 0 Å². The van der Waals surface area contributed by atoms with Gasteiger partial charge < -0.3 is 5.73 Å². The van der Waals surface area contributed by atoms with E-state index in [1.54, 1.807) is 11.3 Å². The Morgan fingerprint density at radius 2 is 2.06 bits per heavy atom. The van der Waals surface area contributed by atoms with E-state index < -0.39 is 0 Å². The van der Waals surface area contributed by atoms with Crippen LogP contribution in [0.4, 0.5) is 0 Å². The van der Waals surface area contributed by atoms with Gasteiger partial charge in [0.05, 0.1) is 0 Å². The largest absolute Gasteiger partial charge is 0.324 e. The first-order valence-electron chi connectivity index (χ1n) is 5.61. The molecule has 0 radical (unpaired) electrons. The zero-order chi connectivity index (χ0) is 12.4. The molecule has 0 aliphatic heterocycles. The van der Waals surface area contributed by atoms with E-state index >= 15 is 0 Å². The van der Waals surface area contributed by atoms with Crippen molar-refractivity contribution in [2.24, 2.45) is 5.73 Å². The number of hydrogen-bond acceptors (Lipinski definition) is 2. The first-order valence-corrected chi connectivity index (χ1v) is 7.35. The highest BCUT2D eigenvalue weighted by Crippen LogP contribution is 2.28. The van der Waals surface area contributed by atoms with Crippen molar-refractivity contribution < 1.29 is 0 Å². The molecule has 1 heterocycles. The maximum Gasteiger partial charge on any atom is 0.0355 e. The SMILES string of the molecule is Cc1ccc(C)c(CC(N)c2cscc2Br)c1. The van der Waals surface area contributed by atoms with Crippen LogP contribution in [-0.2, 0) is 6.42 Å². The van der Waals surface area contributed by atoms with Crippen LogP contribution in [0.15, 0.2) is 33.4 Å². The van der Waals surface area contributed by atoms with Gasteiger partial charge in [0.25, 0.3) is 0 Å². The van der Waals surface area contributed by atoms with Crippen LogP contribution in [0.1, 0.15) is 28.3 Å². The fraction of sp³-hybridized carbons (Fsp3) is 0.286. The summed E-state index contributed by atoms with van der Waals surface area (Å²) in [6, 6.07) is 6.61.